The SMILES string of the molecule is COc1c(C)cnc(CN2CCCCC2C(C)=O)c1C. The molecule has 0 amide bonds. The van der Waals surface area contributed by atoms with Gasteiger partial charge in [0.15, 0.2) is 0 Å². The molecular weight excluding hydrogens is 252 g/mol. The molecule has 1 unspecified atom stereocenters. The maximum absolute atomic E-state index is 11.8. The summed E-state index contributed by atoms with van der Waals surface area (Å²) in [6.07, 6.45) is 5.13. The number of pyridine rings is 1. The first kappa shape index (κ1) is 15.0. The van der Waals surface area contributed by atoms with Crippen LogP contribution in [-0.4, -0.2) is 35.4 Å². The third-order valence-corrected chi connectivity index (χ3v) is 4.19. The van der Waals surface area contributed by atoms with Crippen LogP contribution in [0.2, 0.25) is 0 Å². The van der Waals surface area contributed by atoms with E-state index in [1.807, 2.05) is 20.0 Å². The number of ether oxygens (including phenoxy) is 1. The fraction of sp³-hybridized carbons (Fsp3) is 0.625. The Kier molecular flexibility index (Phi) is 4.76. The van der Waals surface area contributed by atoms with Crippen molar-refractivity contribution in [1.29, 1.82) is 0 Å². The molecule has 2 rings (SSSR count). The van der Waals surface area contributed by atoms with Gasteiger partial charge in [0.2, 0.25) is 0 Å². The van der Waals surface area contributed by atoms with E-state index in [2.05, 4.69) is 9.88 Å². The highest BCUT2D eigenvalue weighted by Gasteiger charge is 2.27. The van der Waals surface area contributed by atoms with Crippen LogP contribution in [0.1, 0.15) is 43.0 Å². The van der Waals surface area contributed by atoms with Gasteiger partial charge in [0, 0.05) is 23.9 Å². The van der Waals surface area contributed by atoms with Gasteiger partial charge in [-0.05, 0) is 40.2 Å². The average molecular weight is 276 g/mol. The zero-order chi connectivity index (χ0) is 14.7. The van der Waals surface area contributed by atoms with Gasteiger partial charge in [0.05, 0.1) is 18.8 Å². The lowest BCUT2D eigenvalue weighted by atomic mass is 9.98. The van der Waals surface area contributed by atoms with Crippen LogP contribution < -0.4 is 4.74 Å². The van der Waals surface area contributed by atoms with E-state index in [0.717, 1.165) is 54.9 Å². The molecule has 1 aromatic rings. The Morgan fingerprint density at radius 3 is 2.85 bits per heavy atom. The predicted octanol–water partition coefficient (Wildman–Crippen LogP) is 2.65. The molecule has 0 N–H and O–H groups in total. The molecule has 1 aliphatic heterocycles. The minimum Gasteiger partial charge on any atom is -0.496 e. The summed E-state index contributed by atoms with van der Waals surface area (Å²) < 4.78 is 5.45. The summed E-state index contributed by atoms with van der Waals surface area (Å²) >= 11 is 0. The molecule has 1 aliphatic rings. The van der Waals surface area contributed by atoms with Gasteiger partial charge < -0.3 is 4.74 Å². The van der Waals surface area contributed by atoms with Crippen LogP contribution in [0, 0.1) is 13.8 Å². The van der Waals surface area contributed by atoms with Crippen LogP contribution in [0.15, 0.2) is 6.20 Å². The second kappa shape index (κ2) is 6.35. The van der Waals surface area contributed by atoms with Gasteiger partial charge in [0.1, 0.15) is 11.5 Å². The van der Waals surface area contributed by atoms with E-state index in [1.54, 1.807) is 14.0 Å². The van der Waals surface area contributed by atoms with E-state index < -0.39 is 0 Å². The van der Waals surface area contributed by atoms with Crippen LogP contribution in [0.3, 0.4) is 0 Å². The second-order valence-corrected chi connectivity index (χ2v) is 5.64. The molecule has 1 aromatic heterocycles. The minimum absolute atomic E-state index is 0.0530. The average Bonchev–Trinajstić information content (AvgIpc) is 2.43. The number of aryl methyl sites for hydroxylation is 1. The van der Waals surface area contributed by atoms with Crippen molar-refractivity contribution < 1.29 is 9.53 Å². The van der Waals surface area contributed by atoms with E-state index >= 15 is 0 Å². The zero-order valence-corrected chi connectivity index (χ0v) is 12.9. The highest BCUT2D eigenvalue weighted by Crippen LogP contribution is 2.27. The molecule has 1 atom stereocenters. The summed E-state index contributed by atoms with van der Waals surface area (Å²) in [5.41, 5.74) is 3.15. The molecular formula is C16H24N2O2. The fourth-order valence-corrected chi connectivity index (χ4v) is 3.06. The second-order valence-electron chi connectivity index (χ2n) is 5.64. The Morgan fingerprint density at radius 1 is 1.45 bits per heavy atom. The number of Topliss-reactive ketones (excluding diaryl/α,β-unsaturated/α-hetero) is 1. The topological polar surface area (TPSA) is 42.4 Å². The van der Waals surface area contributed by atoms with Gasteiger partial charge in [-0.25, -0.2) is 0 Å². The van der Waals surface area contributed by atoms with Crippen molar-refractivity contribution in [2.24, 2.45) is 0 Å². The lowest BCUT2D eigenvalue weighted by molar-refractivity contribution is -0.123. The predicted molar refractivity (Wildman–Crippen MR) is 79.0 cm³/mol. The number of methoxy groups -OCH3 is 1. The summed E-state index contributed by atoms with van der Waals surface area (Å²) in [7, 11) is 1.69. The molecule has 110 valence electrons. The van der Waals surface area contributed by atoms with Gasteiger partial charge in [-0.15, -0.1) is 0 Å². The molecule has 0 saturated carbocycles. The van der Waals surface area contributed by atoms with Crippen molar-refractivity contribution in [3.05, 3.63) is 23.0 Å². The highest BCUT2D eigenvalue weighted by atomic mass is 16.5. The largest absolute Gasteiger partial charge is 0.496 e. The molecule has 4 nitrogen and oxygen atoms in total. The van der Waals surface area contributed by atoms with E-state index in [4.69, 9.17) is 4.74 Å². The standard InChI is InChI=1S/C16H24N2O2/c1-11-9-17-14(12(2)16(11)20-4)10-18-8-6-5-7-15(18)13(3)19/h9,15H,5-8,10H2,1-4H3. The normalized spacial score (nSPS) is 19.9. The summed E-state index contributed by atoms with van der Waals surface area (Å²) in [5, 5.41) is 0. The third kappa shape index (κ3) is 3.01. The number of rotatable bonds is 4. The molecule has 1 saturated heterocycles. The van der Waals surface area contributed by atoms with Gasteiger partial charge in [0.25, 0.3) is 0 Å². The zero-order valence-electron chi connectivity index (χ0n) is 12.9. The molecule has 20 heavy (non-hydrogen) atoms. The Labute approximate surface area is 121 Å². The number of hydrogen-bond acceptors (Lipinski definition) is 4. The van der Waals surface area contributed by atoms with E-state index in [0.29, 0.717) is 0 Å². The van der Waals surface area contributed by atoms with Crippen LogP contribution in [0.5, 0.6) is 5.75 Å². The highest BCUT2D eigenvalue weighted by molar-refractivity contribution is 5.81. The number of hydrogen-bond donors (Lipinski definition) is 0. The lowest BCUT2D eigenvalue weighted by Crippen LogP contribution is -2.43. The van der Waals surface area contributed by atoms with Crippen molar-refractivity contribution in [3.63, 3.8) is 0 Å². The van der Waals surface area contributed by atoms with Crippen LogP contribution >= 0.6 is 0 Å². The number of likely N-dealkylation sites (tertiary alicyclic amines) is 1. The van der Waals surface area contributed by atoms with Gasteiger partial charge in [-0.3, -0.25) is 14.7 Å². The molecule has 4 heteroatoms. The number of piperidine rings is 1. The number of ketones is 1. The third-order valence-electron chi connectivity index (χ3n) is 4.19. The number of carbonyl (C=O) groups is 1. The van der Waals surface area contributed by atoms with Crippen molar-refractivity contribution in [2.45, 2.75) is 52.6 Å². The summed E-state index contributed by atoms with van der Waals surface area (Å²) in [5.74, 6) is 1.17. The number of aromatic nitrogens is 1. The molecule has 1 fully saturated rings. The van der Waals surface area contributed by atoms with E-state index in [1.165, 1.54) is 0 Å². The van der Waals surface area contributed by atoms with Crippen LogP contribution in [0.4, 0.5) is 0 Å². The molecule has 0 spiro atoms. The quantitative estimate of drug-likeness (QED) is 0.848. The fourth-order valence-electron chi connectivity index (χ4n) is 3.06. The monoisotopic (exact) mass is 276 g/mol. The van der Waals surface area contributed by atoms with E-state index in [-0.39, 0.29) is 11.8 Å². The summed E-state index contributed by atoms with van der Waals surface area (Å²) in [4.78, 5) is 18.6. The first-order valence-corrected chi connectivity index (χ1v) is 7.28. The molecule has 0 aliphatic carbocycles. The Balaban J connectivity index is 2.22. The smallest absolute Gasteiger partial charge is 0.146 e. The maximum Gasteiger partial charge on any atom is 0.146 e. The van der Waals surface area contributed by atoms with Crippen molar-refractivity contribution >= 4 is 5.78 Å². The Bertz CT molecular complexity index is 499. The minimum atomic E-state index is 0.0530. The first-order chi connectivity index (χ1) is 9.54. The number of nitrogens with zero attached hydrogens (tertiary/aromatic N) is 2. The van der Waals surface area contributed by atoms with Crippen molar-refractivity contribution in [3.8, 4) is 5.75 Å². The molecule has 0 radical (unpaired) electrons. The summed E-state index contributed by atoms with van der Waals surface area (Å²) in [6, 6.07) is 0.0530. The summed E-state index contributed by atoms with van der Waals surface area (Å²) in [6.45, 7) is 7.44. The van der Waals surface area contributed by atoms with E-state index in [9.17, 15) is 4.79 Å². The van der Waals surface area contributed by atoms with Crippen molar-refractivity contribution in [1.82, 2.24) is 9.88 Å². The number of carbonyl (C=O) groups excluding carboxylic acids is 1. The molecule has 2 heterocycles. The maximum atomic E-state index is 11.8. The van der Waals surface area contributed by atoms with Crippen LogP contribution in [-0.2, 0) is 11.3 Å². The van der Waals surface area contributed by atoms with Gasteiger partial charge in [-0.2, -0.15) is 0 Å². The van der Waals surface area contributed by atoms with Gasteiger partial charge >= 0.3 is 0 Å². The Morgan fingerprint density at radius 2 is 2.20 bits per heavy atom. The van der Waals surface area contributed by atoms with Crippen molar-refractivity contribution in [2.75, 3.05) is 13.7 Å². The molecule has 0 bridgehead atoms. The Hall–Kier alpha value is -1.42. The molecule has 0 aromatic carbocycles. The van der Waals surface area contributed by atoms with Crippen LogP contribution in [0.25, 0.3) is 0 Å². The van der Waals surface area contributed by atoms with Gasteiger partial charge in [-0.1, -0.05) is 6.42 Å². The lowest BCUT2D eigenvalue weighted by Gasteiger charge is -2.34. The first-order valence-electron chi connectivity index (χ1n) is 7.28.